The van der Waals surface area contributed by atoms with E-state index in [1.165, 1.54) is 268 Å². The molecular formula is C50H105BrNNaO4S. The summed E-state index contributed by atoms with van der Waals surface area (Å²) in [5.74, 6) is 0. The Morgan fingerprint density at radius 3 is 0.707 bits per heavy atom. The number of rotatable bonds is 46. The second-order valence-corrected chi connectivity index (χ2v) is 19.5. The van der Waals surface area contributed by atoms with Crippen LogP contribution in [0.25, 0.3) is 0 Å². The average Bonchev–Trinajstić information content (AvgIpc) is 3.16. The van der Waals surface area contributed by atoms with Crippen molar-refractivity contribution in [3.05, 3.63) is 0 Å². The molecule has 8 heteroatoms. The molecule has 0 aliphatic carbocycles. The first-order valence-corrected chi connectivity index (χ1v) is 26.9. The van der Waals surface area contributed by atoms with Gasteiger partial charge in [-0.05, 0) is 32.1 Å². The third kappa shape index (κ3) is 63.9. The fourth-order valence-electron chi connectivity index (χ4n) is 8.04. The number of hydrogen-bond acceptors (Lipinski definition) is 4. The van der Waals surface area contributed by atoms with Crippen molar-refractivity contribution in [1.82, 2.24) is 0 Å². The van der Waals surface area contributed by atoms with Gasteiger partial charge in [0.1, 0.15) is 0 Å². The summed E-state index contributed by atoms with van der Waals surface area (Å²) in [4.78, 5) is 0. The van der Waals surface area contributed by atoms with Crippen LogP contribution in [-0.2, 0) is 14.6 Å². The SMILES string of the molecule is CCCCCCCCCCCCCCCCCC[N+](C)(C)CCCCCCCCCCCCCCCCCC.CCCCCCCCCCCCOS(=O)(=O)[O-].[Br-].[Na+]. The first-order valence-electron chi connectivity index (χ1n) is 25.6. The molecule has 0 aromatic rings. The van der Waals surface area contributed by atoms with Crippen LogP contribution in [0.1, 0.15) is 290 Å². The Hall–Kier alpha value is 1.31. The molecule has 0 heterocycles. The zero-order valence-electron chi connectivity index (χ0n) is 40.7. The van der Waals surface area contributed by atoms with E-state index in [4.69, 9.17) is 0 Å². The molecule has 0 fully saturated rings. The van der Waals surface area contributed by atoms with E-state index >= 15 is 0 Å². The summed E-state index contributed by atoms with van der Waals surface area (Å²) in [6, 6.07) is 0. The van der Waals surface area contributed by atoms with Crippen LogP contribution in [0.2, 0.25) is 0 Å². The van der Waals surface area contributed by atoms with Gasteiger partial charge in [0.15, 0.2) is 0 Å². The largest absolute Gasteiger partial charge is 1.00 e. The van der Waals surface area contributed by atoms with Gasteiger partial charge in [-0.25, -0.2) is 8.42 Å². The molecule has 0 aliphatic heterocycles. The van der Waals surface area contributed by atoms with Crippen molar-refractivity contribution in [2.24, 2.45) is 0 Å². The molecule has 58 heavy (non-hydrogen) atoms. The molecule has 348 valence electrons. The molecule has 0 N–H and O–H groups in total. The minimum absolute atomic E-state index is 0. The summed E-state index contributed by atoms with van der Waals surface area (Å²) >= 11 is 0. The number of halogens is 1. The molecule has 0 aliphatic rings. The Labute approximate surface area is 399 Å². The minimum Gasteiger partial charge on any atom is -1.00 e. The maximum Gasteiger partial charge on any atom is 1.00 e. The van der Waals surface area contributed by atoms with Crippen LogP contribution in [0.5, 0.6) is 0 Å². The van der Waals surface area contributed by atoms with Crippen LogP contribution in [0.4, 0.5) is 0 Å². The van der Waals surface area contributed by atoms with Gasteiger partial charge in [-0.2, -0.15) is 0 Å². The van der Waals surface area contributed by atoms with Crippen LogP contribution in [0.3, 0.4) is 0 Å². The fourth-order valence-corrected chi connectivity index (χ4v) is 8.36. The summed E-state index contributed by atoms with van der Waals surface area (Å²) in [7, 11) is 0.453. The van der Waals surface area contributed by atoms with Crippen molar-refractivity contribution in [2.45, 2.75) is 290 Å². The van der Waals surface area contributed by atoms with E-state index in [0.717, 1.165) is 12.8 Å². The molecule has 5 nitrogen and oxygen atoms in total. The first-order chi connectivity index (χ1) is 27.2. The molecular weight excluding hydrogens is 814 g/mol. The summed E-state index contributed by atoms with van der Waals surface area (Å²) in [6.07, 6.45) is 58.6. The Balaban J connectivity index is -0.000000645. The minimum atomic E-state index is -4.48. The van der Waals surface area contributed by atoms with Crippen molar-refractivity contribution < 1.29 is 68.2 Å². The Morgan fingerprint density at radius 1 is 0.345 bits per heavy atom. The van der Waals surface area contributed by atoms with Gasteiger partial charge >= 0.3 is 29.6 Å². The predicted molar refractivity (Wildman–Crippen MR) is 248 cm³/mol. The summed E-state index contributed by atoms with van der Waals surface area (Å²) in [5.41, 5.74) is 0. The van der Waals surface area contributed by atoms with Gasteiger partial charge in [0.05, 0.1) is 33.8 Å². The van der Waals surface area contributed by atoms with Crippen molar-refractivity contribution >= 4 is 10.4 Å². The summed E-state index contributed by atoms with van der Waals surface area (Å²) < 4.78 is 35.7. The van der Waals surface area contributed by atoms with Gasteiger partial charge in [-0.3, -0.25) is 4.18 Å². The van der Waals surface area contributed by atoms with Crippen molar-refractivity contribution in [3.8, 4) is 0 Å². The molecule has 0 amide bonds. The second-order valence-electron chi connectivity index (χ2n) is 18.4. The number of unbranched alkanes of at least 4 members (excludes halogenated alkanes) is 39. The van der Waals surface area contributed by atoms with Gasteiger partial charge < -0.3 is 26.0 Å². The van der Waals surface area contributed by atoms with E-state index in [9.17, 15) is 13.0 Å². The molecule has 0 spiro atoms. The first kappa shape index (κ1) is 65.9. The average molecular weight is 919 g/mol. The van der Waals surface area contributed by atoms with Gasteiger partial charge in [0.2, 0.25) is 10.4 Å². The zero-order chi connectivity index (χ0) is 41.5. The van der Waals surface area contributed by atoms with Crippen molar-refractivity contribution in [1.29, 1.82) is 0 Å². The smallest absolute Gasteiger partial charge is 1.00 e. The number of hydrogen-bond donors (Lipinski definition) is 0. The zero-order valence-corrected chi connectivity index (χ0v) is 45.1. The van der Waals surface area contributed by atoms with Crippen LogP contribution < -0.4 is 46.5 Å². The Morgan fingerprint density at radius 2 is 0.517 bits per heavy atom. The van der Waals surface area contributed by atoms with Gasteiger partial charge in [0, 0.05) is 0 Å². The topological polar surface area (TPSA) is 66.4 Å². The monoisotopic (exact) mass is 918 g/mol. The Bertz CT molecular complexity index is 794. The molecule has 0 aromatic carbocycles. The molecule has 0 radical (unpaired) electrons. The molecule has 0 unspecified atom stereocenters. The summed E-state index contributed by atoms with van der Waals surface area (Å²) in [6.45, 7) is 9.63. The Kier molecular flexibility index (Phi) is 61.9. The van der Waals surface area contributed by atoms with Crippen LogP contribution in [0.15, 0.2) is 0 Å². The number of quaternary nitrogens is 1. The maximum atomic E-state index is 10.1. The second kappa shape index (κ2) is 54.4. The molecule has 0 atom stereocenters. The van der Waals surface area contributed by atoms with Crippen molar-refractivity contribution in [2.75, 3.05) is 33.8 Å². The third-order valence-electron chi connectivity index (χ3n) is 12.0. The fraction of sp³-hybridized carbons (Fsp3) is 1.00. The van der Waals surface area contributed by atoms with Crippen LogP contribution in [0, 0.1) is 0 Å². The van der Waals surface area contributed by atoms with E-state index in [-0.39, 0.29) is 53.1 Å². The van der Waals surface area contributed by atoms with Gasteiger partial charge in [-0.1, -0.05) is 258 Å². The number of nitrogens with zero attached hydrogens (tertiary/aromatic N) is 1. The van der Waals surface area contributed by atoms with E-state index in [1.807, 2.05) is 0 Å². The summed E-state index contributed by atoms with van der Waals surface area (Å²) in [5, 5.41) is 0. The molecule has 0 bridgehead atoms. The van der Waals surface area contributed by atoms with Gasteiger partial charge in [0.25, 0.3) is 0 Å². The van der Waals surface area contributed by atoms with Gasteiger partial charge in [-0.15, -0.1) is 0 Å². The third-order valence-corrected chi connectivity index (χ3v) is 12.4. The van der Waals surface area contributed by atoms with Crippen LogP contribution in [-0.4, -0.2) is 51.2 Å². The van der Waals surface area contributed by atoms with Crippen molar-refractivity contribution in [3.63, 3.8) is 0 Å². The van der Waals surface area contributed by atoms with Crippen LogP contribution >= 0.6 is 0 Å². The normalized spacial score (nSPS) is 11.6. The molecule has 0 aromatic heterocycles. The molecule has 0 saturated heterocycles. The predicted octanol–water partition coefficient (Wildman–Crippen LogP) is 11.0. The van der Waals surface area contributed by atoms with E-state index in [0.29, 0.717) is 6.42 Å². The molecule has 0 saturated carbocycles. The van der Waals surface area contributed by atoms with E-state index in [1.54, 1.807) is 0 Å². The maximum absolute atomic E-state index is 10.1. The van der Waals surface area contributed by atoms with E-state index in [2.05, 4.69) is 39.0 Å². The quantitative estimate of drug-likeness (QED) is 0.0201. The van der Waals surface area contributed by atoms with E-state index < -0.39 is 10.4 Å². The molecule has 0 rings (SSSR count). The standard InChI is InChI=1S/C38H80N.C12H26O4S.BrH.Na/c1-5-7-9-11-13-15-17-19-21-23-25-27-29-31-33-35-37-39(3,4)38-36-34-32-30-28-26-24-22-20-18-16-14-12-10-8-6-2;1-2-3-4-5-6-7-8-9-10-11-12-16-17(13,14)15;;/h5-38H2,1-4H3;2-12H2,1H3,(H,13,14,15);1H;/q+1;;;+1/p-2.